The van der Waals surface area contributed by atoms with Crippen LogP contribution in [0.1, 0.15) is 38.2 Å². The van der Waals surface area contributed by atoms with Crippen molar-refractivity contribution in [2.45, 2.75) is 32.6 Å². The quantitative estimate of drug-likeness (QED) is 0.830. The lowest BCUT2D eigenvalue weighted by Crippen LogP contribution is -2.41. The lowest BCUT2D eigenvalue weighted by Gasteiger charge is -2.28. The Hall–Kier alpha value is -1.13. The third-order valence-corrected chi connectivity index (χ3v) is 5.56. The lowest BCUT2D eigenvalue weighted by atomic mass is 10.0. The van der Waals surface area contributed by atoms with E-state index in [0.29, 0.717) is 12.5 Å². The molecule has 0 aliphatic carbocycles. The molecule has 3 nitrogen and oxygen atoms in total. The van der Waals surface area contributed by atoms with Crippen molar-refractivity contribution in [3.63, 3.8) is 0 Å². The zero-order chi connectivity index (χ0) is 15.4. The number of likely N-dealkylation sites (tertiary alicyclic amines) is 1. The smallest absolute Gasteiger partial charge is 0.237 e. The molecule has 1 amide bonds. The molecule has 2 aliphatic rings. The average Bonchev–Trinajstić information content (AvgIpc) is 3.20. The van der Waals surface area contributed by atoms with Crippen LogP contribution >= 0.6 is 11.3 Å². The van der Waals surface area contributed by atoms with E-state index in [2.05, 4.69) is 34.7 Å². The molecule has 2 aliphatic heterocycles. The number of carbonyl (C=O) groups is 1. The zero-order valence-electron chi connectivity index (χ0n) is 13.5. The van der Waals surface area contributed by atoms with E-state index in [-0.39, 0.29) is 0 Å². The van der Waals surface area contributed by atoms with Crippen LogP contribution in [0.15, 0.2) is 22.9 Å². The van der Waals surface area contributed by atoms with Gasteiger partial charge < -0.3 is 4.90 Å². The summed E-state index contributed by atoms with van der Waals surface area (Å²) in [6.45, 7) is 6.72. The standard InChI is InChI=1S/C18H26N2OS/c1-2-3-15-4-8-19(12-15)13-18(21)20-9-5-16(6-10-20)17-7-11-22-14-17/h5,7,11,14-15H,2-4,6,8-10,12-13H2,1H3. The summed E-state index contributed by atoms with van der Waals surface area (Å²) >= 11 is 1.74. The van der Waals surface area contributed by atoms with Gasteiger partial charge in [-0.05, 0) is 59.7 Å². The summed E-state index contributed by atoms with van der Waals surface area (Å²) in [6, 6.07) is 2.17. The molecule has 22 heavy (non-hydrogen) atoms. The molecule has 120 valence electrons. The highest BCUT2D eigenvalue weighted by atomic mass is 32.1. The second kappa shape index (κ2) is 7.42. The number of nitrogens with zero attached hydrogens (tertiary/aromatic N) is 2. The van der Waals surface area contributed by atoms with Crippen molar-refractivity contribution in [3.8, 4) is 0 Å². The zero-order valence-corrected chi connectivity index (χ0v) is 14.3. The van der Waals surface area contributed by atoms with Gasteiger partial charge in [0.15, 0.2) is 0 Å². The molecule has 1 aromatic rings. The molecular formula is C18H26N2OS. The van der Waals surface area contributed by atoms with Gasteiger partial charge in [0.1, 0.15) is 0 Å². The Balaban J connectivity index is 1.48. The second-order valence-electron chi connectivity index (χ2n) is 6.51. The maximum Gasteiger partial charge on any atom is 0.237 e. The molecule has 0 saturated carbocycles. The van der Waals surface area contributed by atoms with Crippen molar-refractivity contribution in [3.05, 3.63) is 28.5 Å². The SMILES string of the molecule is CCCC1CCN(CC(=O)N2CC=C(c3ccsc3)CC2)C1. The van der Waals surface area contributed by atoms with Gasteiger partial charge in [0.2, 0.25) is 5.91 Å². The van der Waals surface area contributed by atoms with Gasteiger partial charge in [0.05, 0.1) is 6.54 Å². The van der Waals surface area contributed by atoms with Crippen molar-refractivity contribution < 1.29 is 4.79 Å². The van der Waals surface area contributed by atoms with E-state index in [9.17, 15) is 4.79 Å². The van der Waals surface area contributed by atoms with Gasteiger partial charge in [-0.2, -0.15) is 11.3 Å². The van der Waals surface area contributed by atoms with Gasteiger partial charge in [0.25, 0.3) is 0 Å². The van der Waals surface area contributed by atoms with Crippen LogP contribution in [0.4, 0.5) is 0 Å². The Morgan fingerprint density at radius 2 is 2.32 bits per heavy atom. The van der Waals surface area contributed by atoms with Crippen molar-refractivity contribution in [2.24, 2.45) is 5.92 Å². The molecule has 1 aromatic heterocycles. The van der Waals surface area contributed by atoms with Gasteiger partial charge in [-0.25, -0.2) is 0 Å². The molecule has 0 bridgehead atoms. The molecule has 1 atom stereocenters. The number of carbonyl (C=O) groups excluding carboxylic acids is 1. The number of amides is 1. The topological polar surface area (TPSA) is 23.6 Å². The molecular weight excluding hydrogens is 292 g/mol. The van der Waals surface area contributed by atoms with E-state index in [1.54, 1.807) is 11.3 Å². The first kappa shape index (κ1) is 15.8. The highest BCUT2D eigenvalue weighted by molar-refractivity contribution is 7.08. The molecule has 1 fully saturated rings. The van der Waals surface area contributed by atoms with Gasteiger partial charge in [-0.15, -0.1) is 0 Å². The summed E-state index contributed by atoms with van der Waals surface area (Å²) in [5, 5.41) is 4.31. The Kier molecular flexibility index (Phi) is 5.32. The van der Waals surface area contributed by atoms with Crippen LogP contribution < -0.4 is 0 Å². The molecule has 0 aromatic carbocycles. The first-order valence-electron chi connectivity index (χ1n) is 8.48. The average molecular weight is 318 g/mol. The molecule has 4 heteroatoms. The van der Waals surface area contributed by atoms with Gasteiger partial charge >= 0.3 is 0 Å². The monoisotopic (exact) mass is 318 g/mol. The van der Waals surface area contributed by atoms with Crippen molar-refractivity contribution >= 4 is 22.8 Å². The highest BCUT2D eigenvalue weighted by Gasteiger charge is 2.25. The number of rotatable bonds is 5. The van der Waals surface area contributed by atoms with Crippen molar-refractivity contribution in [2.75, 3.05) is 32.7 Å². The van der Waals surface area contributed by atoms with E-state index in [4.69, 9.17) is 0 Å². The number of hydrogen-bond acceptors (Lipinski definition) is 3. The Bertz CT molecular complexity index is 523. The van der Waals surface area contributed by atoms with Crippen molar-refractivity contribution in [1.29, 1.82) is 0 Å². The minimum Gasteiger partial charge on any atom is -0.338 e. The van der Waals surface area contributed by atoms with Crippen LogP contribution in [0.25, 0.3) is 5.57 Å². The third kappa shape index (κ3) is 3.79. The normalized spacial score (nSPS) is 22.9. The molecule has 0 N–H and O–H groups in total. The fourth-order valence-corrected chi connectivity index (χ4v) is 4.28. The van der Waals surface area contributed by atoms with Crippen LogP contribution in [-0.2, 0) is 4.79 Å². The maximum atomic E-state index is 12.5. The Morgan fingerprint density at radius 1 is 1.41 bits per heavy atom. The minimum absolute atomic E-state index is 0.303. The molecule has 1 unspecified atom stereocenters. The summed E-state index contributed by atoms with van der Waals surface area (Å²) in [6.07, 6.45) is 7.05. The van der Waals surface area contributed by atoms with Gasteiger partial charge in [-0.1, -0.05) is 19.4 Å². The summed E-state index contributed by atoms with van der Waals surface area (Å²) in [5.41, 5.74) is 2.73. The first-order valence-corrected chi connectivity index (χ1v) is 9.42. The van der Waals surface area contributed by atoms with E-state index in [1.807, 2.05) is 4.90 Å². The van der Waals surface area contributed by atoms with Crippen LogP contribution in [-0.4, -0.2) is 48.4 Å². The summed E-state index contributed by atoms with van der Waals surface area (Å²) in [4.78, 5) is 16.8. The van der Waals surface area contributed by atoms with E-state index < -0.39 is 0 Å². The predicted octanol–water partition coefficient (Wildman–Crippen LogP) is 3.49. The maximum absolute atomic E-state index is 12.5. The first-order chi connectivity index (χ1) is 10.8. The number of thiophene rings is 1. The summed E-state index contributed by atoms with van der Waals surface area (Å²) in [5.74, 6) is 1.11. The van der Waals surface area contributed by atoms with Crippen LogP contribution in [0.2, 0.25) is 0 Å². The fraction of sp³-hybridized carbons (Fsp3) is 0.611. The van der Waals surface area contributed by atoms with Crippen LogP contribution in [0.3, 0.4) is 0 Å². The van der Waals surface area contributed by atoms with E-state index in [1.165, 1.54) is 30.4 Å². The van der Waals surface area contributed by atoms with Crippen LogP contribution in [0, 0.1) is 5.92 Å². The van der Waals surface area contributed by atoms with Crippen molar-refractivity contribution in [1.82, 2.24) is 9.80 Å². The largest absolute Gasteiger partial charge is 0.338 e. The Morgan fingerprint density at radius 3 is 3.00 bits per heavy atom. The Labute approximate surface area is 137 Å². The number of hydrogen-bond donors (Lipinski definition) is 0. The highest BCUT2D eigenvalue weighted by Crippen LogP contribution is 2.25. The van der Waals surface area contributed by atoms with Crippen LogP contribution in [0.5, 0.6) is 0 Å². The molecule has 3 rings (SSSR count). The molecule has 0 radical (unpaired) electrons. The molecule has 0 spiro atoms. The van der Waals surface area contributed by atoms with Gasteiger partial charge in [-0.3, -0.25) is 9.69 Å². The fourth-order valence-electron chi connectivity index (χ4n) is 3.60. The summed E-state index contributed by atoms with van der Waals surface area (Å²) < 4.78 is 0. The third-order valence-electron chi connectivity index (χ3n) is 4.88. The summed E-state index contributed by atoms with van der Waals surface area (Å²) in [7, 11) is 0. The van der Waals surface area contributed by atoms with E-state index >= 15 is 0 Å². The van der Waals surface area contributed by atoms with Gasteiger partial charge in [0, 0.05) is 19.6 Å². The molecule has 1 saturated heterocycles. The minimum atomic E-state index is 0.303. The lowest BCUT2D eigenvalue weighted by molar-refractivity contribution is -0.131. The molecule has 3 heterocycles. The van der Waals surface area contributed by atoms with E-state index in [0.717, 1.165) is 38.5 Å². The second-order valence-corrected chi connectivity index (χ2v) is 7.29. The predicted molar refractivity (Wildman–Crippen MR) is 92.9 cm³/mol.